The van der Waals surface area contributed by atoms with Crippen molar-refractivity contribution >= 4 is 29.2 Å². The van der Waals surface area contributed by atoms with Crippen LogP contribution in [0.15, 0.2) is 36.4 Å². The number of halogens is 2. The lowest BCUT2D eigenvalue weighted by Gasteiger charge is -2.09. The molecule has 6 nitrogen and oxygen atoms in total. The van der Waals surface area contributed by atoms with Gasteiger partial charge in [-0.05, 0) is 30.3 Å². The van der Waals surface area contributed by atoms with Crippen LogP contribution in [0.5, 0.6) is 5.75 Å². The van der Waals surface area contributed by atoms with Crippen LogP contribution in [0, 0.1) is 17.1 Å². The Morgan fingerprint density at radius 2 is 2.04 bits per heavy atom. The minimum absolute atomic E-state index is 0.187. The third-order valence-electron chi connectivity index (χ3n) is 3.11. The van der Waals surface area contributed by atoms with Gasteiger partial charge in [0, 0.05) is 11.1 Å². The first-order valence-electron chi connectivity index (χ1n) is 6.94. The number of esters is 1. The highest BCUT2D eigenvalue weighted by atomic mass is 35.5. The Kier molecular flexibility index (Phi) is 5.93. The Balaban J connectivity index is 2.00. The van der Waals surface area contributed by atoms with E-state index in [0.29, 0.717) is 5.02 Å². The van der Waals surface area contributed by atoms with Crippen LogP contribution in [0.1, 0.15) is 15.9 Å². The molecule has 0 saturated heterocycles. The minimum Gasteiger partial charge on any atom is -0.497 e. The highest BCUT2D eigenvalue weighted by Gasteiger charge is 2.16. The van der Waals surface area contributed by atoms with Crippen LogP contribution in [0.2, 0.25) is 5.02 Å². The van der Waals surface area contributed by atoms with E-state index >= 15 is 0 Å². The molecule has 0 aliphatic rings. The third kappa shape index (κ3) is 4.68. The van der Waals surface area contributed by atoms with Crippen molar-refractivity contribution in [1.82, 2.24) is 0 Å². The largest absolute Gasteiger partial charge is 0.497 e. The van der Waals surface area contributed by atoms with Gasteiger partial charge < -0.3 is 14.8 Å². The number of nitrogens with one attached hydrogen (secondary N) is 1. The van der Waals surface area contributed by atoms with E-state index in [1.165, 1.54) is 37.4 Å². The Morgan fingerprint density at radius 3 is 2.68 bits per heavy atom. The molecule has 0 spiro atoms. The predicted molar refractivity (Wildman–Crippen MR) is 88.0 cm³/mol. The van der Waals surface area contributed by atoms with Gasteiger partial charge in [0.1, 0.15) is 17.6 Å². The molecule has 0 saturated carbocycles. The van der Waals surface area contributed by atoms with Crippen LogP contribution in [-0.2, 0) is 9.53 Å². The smallest absolute Gasteiger partial charge is 0.341 e. The quantitative estimate of drug-likeness (QED) is 0.825. The summed E-state index contributed by atoms with van der Waals surface area (Å²) < 4.78 is 23.4. The number of anilines is 1. The summed E-state index contributed by atoms with van der Waals surface area (Å²) in [5.74, 6) is -2.27. The van der Waals surface area contributed by atoms with Crippen molar-refractivity contribution in [2.75, 3.05) is 19.0 Å². The fraction of sp³-hybridized carbons (Fsp3) is 0.118. The molecule has 2 aromatic rings. The molecule has 2 rings (SSSR count). The monoisotopic (exact) mass is 362 g/mol. The lowest BCUT2D eigenvalue weighted by Crippen LogP contribution is -2.21. The molecule has 1 N–H and O–H groups in total. The number of methoxy groups -OCH3 is 1. The molecule has 1 amide bonds. The van der Waals surface area contributed by atoms with E-state index in [1.54, 1.807) is 0 Å². The van der Waals surface area contributed by atoms with Gasteiger partial charge in [-0.1, -0.05) is 11.6 Å². The second-order valence-corrected chi connectivity index (χ2v) is 5.21. The number of carbonyl (C=O) groups is 2. The van der Waals surface area contributed by atoms with E-state index in [9.17, 15) is 14.0 Å². The predicted octanol–water partition coefficient (Wildman–Crippen LogP) is 3.15. The summed E-state index contributed by atoms with van der Waals surface area (Å²) in [4.78, 5) is 23.7. The highest BCUT2D eigenvalue weighted by Crippen LogP contribution is 2.20. The van der Waals surface area contributed by atoms with Crippen LogP contribution in [0.4, 0.5) is 10.1 Å². The Hall–Kier alpha value is -3.11. The van der Waals surface area contributed by atoms with Crippen molar-refractivity contribution in [2.45, 2.75) is 0 Å². The van der Waals surface area contributed by atoms with E-state index in [2.05, 4.69) is 5.32 Å². The molecular formula is C17H12ClFN2O4. The third-order valence-corrected chi connectivity index (χ3v) is 3.34. The average molecular weight is 363 g/mol. The van der Waals surface area contributed by atoms with E-state index in [0.717, 1.165) is 6.07 Å². The molecule has 0 aromatic heterocycles. The summed E-state index contributed by atoms with van der Waals surface area (Å²) >= 11 is 5.81. The summed E-state index contributed by atoms with van der Waals surface area (Å²) in [5.41, 5.74) is 0.0611. The first-order valence-corrected chi connectivity index (χ1v) is 7.32. The van der Waals surface area contributed by atoms with E-state index in [-0.39, 0.29) is 22.6 Å². The molecule has 0 aliphatic carbocycles. The second kappa shape index (κ2) is 8.13. The maximum atomic E-state index is 13.8. The van der Waals surface area contributed by atoms with Crippen LogP contribution in [-0.4, -0.2) is 25.6 Å². The van der Waals surface area contributed by atoms with Crippen molar-refractivity contribution < 1.29 is 23.5 Å². The standard InChI is InChI=1S/C17H12ClFN2O4/c1-24-12-4-5-13(14(19)7-12)17(23)25-9-16(22)21-15-6-11(18)3-2-10(15)8-20/h2-7H,9H2,1H3,(H,21,22). The number of benzene rings is 2. The molecular weight excluding hydrogens is 351 g/mol. The molecule has 0 heterocycles. The van der Waals surface area contributed by atoms with Gasteiger partial charge in [0.15, 0.2) is 6.61 Å². The van der Waals surface area contributed by atoms with Crippen molar-refractivity contribution in [1.29, 1.82) is 5.26 Å². The fourth-order valence-corrected chi connectivity index (χ4v) is 2.07. The highest BCUT2D eigenvalue weighted by molar-refractivity contribution is 6.31. The number of amides is 1. The van der Waals surface area contributed by atoms with E-state index in [4.69, 9.17) is 26.3 Å². The van der Waals surface area contributed by atoms with E-state index in [1.807, 2.05) is 6.07 Å². The van der Waals surface area contributed by atoms with Gasteiger partial charge in [0.25, 0.3) is 5.91 Å². The average Bonchev–Trinajstić information content (AvgIpc) is 2.59. The number of nitrogens with zero attached hydrogens (tertiary/aromatic N) is 1. The first-order chi connectivity index (χ1) is 11.9. The molecule has 0 bridgehead atoms. The fourth-order valence-electron chi connectivity index (χ4n) is 1.90. The molecule has 25 heavy (non-hydrogen) atoms. The molecule has 8 heteroatoms. The Morgan fingerprint density at radius 1 is 1.28 bits per heavy atom. The SMILES string of the molecule is COc1ccc(C(=O)OCC(=O)Nc2cc(Cl)ccc2C#N)c(F)c1. The van der Waals surface area contributed by atoms with Crippen LogP contribution >= 0.6 is 11.6 Å². The lowest BCUT2D eigenvalue weighted by molar-refractivity contribution is -0.119. The van der Waals surface area contributed by atoms with Crippen LogP contribution in [0.25, 0.3) is 0 Å². The maximum Gasteiger partial charge on any atom is 0.341 e. The zero-order valence-electron chi connectivity index (χ0n) is 13.0. The minimum atomic E-state index is -0.998. The number of carbonyl (C=O) groups excluding carboxylic acids is 2. The van der Waals surface area contributed by atoms with Crippen molar-refractivity contribution in [2.24, 2.45) is 0 Å². The van der Waals surface area contributed by atoms with Gasteiger partial charge in [0.05, 0.1) is 23.9 Å². The zero-order valence-corrected chi connectivity index (χ0v) is 13.8. The molecule has 0 aliphatic heterocycles. The van der Waals surface area contributed by atoms with Crippen molar-refractivity contribution in [3.63, 3.8) is 0 Å². The number of hydrogen-bond acceptors (Lipinski definition) is 5. The summed E-state index contributed by atoms with van der Waals surface area (Å²) in [6, 6.07) is 9.85. The molecule has 2 aromatic carbocycles. The molecule has 0 unspecified atom stereocenters. The summed E-state index contributed by atoms with van der Waals surface area (Å²) in [7, 11) is 1.36. The maximum absolute atomic E-state index is 13.8. The normalized spacial score (nSPS) is 9.84. The van der Waals surface area contributed by atoms with Crippen molar-refractivity contribution in [3.05, 3.63) is 58.4 Å². The Labute approximate surface area is 147 Å². The first kappa shape index (κ1) is 18.2. The molecule has 0 atom stereocenters. The van der Waals surface area contributed by atoms with Gasteiger partial charge in [-0.3, -0.25) is 4.79 Å². The topological polar surface area (TPSA) is 88.4 Å². The molecule has 128 valence electrons. The summed E-state index contributed by atoms with van der Waals surface area (Å²) in [6.07, 6.45) is 0. The van der Waals surface area contributed by atoms with Gasteiger partial charge in [-0.15, -0.1) is 0 Å². The summed E-state index contributed by atoms with van der Waals surface area (Å²) in [5, 5.41) is 11.7. The number of nitriles is 1. The van der Waals surface area contributed by atoms with Crippen LogP contribution < -0.4 is 10.1 Å². The zero-order chi connectivity index (χ0) is 18.4. The van der Waals surface area contributed by atoms with Gasteiger partial charge >= 0.3 is 5.97 Å². The van der Waals surface area contributed by atoms with E-state index < -0.39 is 24.3 Å². The Bertz CT molecular complexity index is 864. The molecule has 0 fully saturated rings. The van der Waals surface area contributed by atoms with Gasteiger partial charge in [-0.2, -0.15) is 5.26 Å². The number of rotatable bonds is 5. The van der Waals surface area contributed by atoms with Gasteiger partial charge in [-0.25, -0.2) is 9.18 Å². The second-order valence-electron chi connectivity index (χ2n) is 4.77. The van der Waals surface area contributed by atoms with Crippen LogP contribution in [0.3, 0.4) is 0 Å². The molecule has 0 radical (unpaired) electrons. The van der Waals surface area contributed by atoms with Crippen molar-refractivity contribution in [3.8, 4) is 11.8 Å². The van der Waals surface area contributed by atoms with Gasteiger partial charge in [0.2, 0.25) is 0 Å². The lowest BCUT2D eigenvalue weighted by atomic mass is 10.2. The number of ether oxygens (including phenoxy) is 2. The summed E-state index contributed by atoms with van der Waals surface area (Å²) in [6.45, 7) is -0.651. The number of hydrogen-bond donors (Lipinski definition) is 1.